The van der Waals surface area contributed by atoms with Crippen molar-refractivity contribution in [2.24, 2.45) is 0 Å². The van der Waals surface area contributed by atoms with Gasteiger partial charge in [0.25, 0.3) is 0 Å². The van der Waals surface area contributed by atoms with Crippen molar-refractivity contribution in [2.75, 3.05) is 19.8 Å². The normalized spacial score (nSPS) is 13.2. The summed E-state index contributed by atoms with van der Waals surface area (Å²) in [4.78, 5) is 12.2. The standard InChI is InChI=1S/C16H23O5P/c1-4-19-16(17)15(22(18,20-5-2)21-6-3)13-12-14-10-8-7-9-11-14/h7-13,15H,4-6H2,1-3H3/b13-12+. The molecule has 22 heavy (non-hydrogen) atoms. The van der Waals surface area contributed by atoms with Crippen LogP contribution in [-0.2, 0) is 23.1 Å². The second-order valence-corrected chi connectivity index (χ2v) is 6.49. The first kappa shape index (κ1) is 18.6. The average Bonchev–Trinajstić information content (AvgIpc) is 2.49. The molecule has 0 saturated heterocycles. The topological polar surface area (TPSA) is 61.8 Å². The number of carbonyl (C=O) groups is 1. The quantitative estimate of drug-likeness (QED) is 0.509. The van der Waals surface area contributed by atoms with Crippen LogP contribution < -0.4 is 0 Å². The minimum Gasteiger partial charge on any atom is -0.465 e. The lowest BCUT2D eigenvalue weighted by Crippen LogP contribution is -2.24. The Kier molecular flexibility index (Phi) is 8.10. The summed E-state index contributed by atoms with van der Waals surface area (Å²) in [5.41, 5.74) is -0.191. The van der Waals surface area contributed by atoms with E-state index in [0.717, 1.165) is 5.56 Å². The summed E-state index contributed by atoms with van der Waals surface area (Å²) in [6.45, 7) is 5.68. The van der Waals surface area contributed by atoms with Crippen LogP contribution in [0, 0.1) is 0 Å². The molecule has 0 N–H and O–H groups in total. The maximum Gasteiger partial charge on any atom is 0.348 e. The molecule has 1 unspecified atom stereocenters. The molecule has 0 fully saturated rings. The summed E-state index contributed by atoms with van der Waals surface area (Å²) < 4.78 is 28.4. The molecule has 0 amide bonds. The zero-order valence-corrected chi connectivity index (χ0v) is 14.1. The largest absolute Gasteiger partial charge is 0.465 e. The Morgan fingerprint density at radius 3 is 2.18 bits per heavy atom. The molecule has 122 valence electrons. The van der Waals surface area contributed by atoms with E-state index in [2.05, 4.69) is 0 Å². The highest BCUT2D eigenvalue weighted by atomic mass is 31.2. The van der Waals surface area contributed by atoms with Crippen LogP contribution in [0.3, 0.4) is 0 Å². The van der Waals surface area contributed by atoms with Crippen LogP contribution in [0.2, 0.25) is 0 Å². The van der Waals surface area contributed by atoms with Crippen molar-refractivity contribution in [3.05, 3.63) is 42.0 Å². The first-order chi connectivity index (χ1) is 10.6. The SMILES string of the molecule is CCOC(=O)C(/C=C/c1ccccc1)P(=O)(OCC)OCC. The zero-order chi connectivity index (χ0) is 16.4. The van der Waals surface area contributed by atoms with Crippen molar-refractivity contribution >= 4 is 19.6 Å². The van der Waals surface area contributed by atoms with Crippen LogP contribution in [0.15, 0.2) is 36.4 Å². The van der Waals surface area contributed by atoms with Gasteiger partial charge in [-0.2, -0.15) is 0 Å². The maximum absolute atomic E-state index is 12.9. The molecular weight excluding hydrogens is 303 g/mol. The van der Waals surface area contributed by atoms with E-state index in [1.54, 1.807) is 26.8 Å². The van der Waals surface area contributed by atoms with Crippen molar-refractivity contribution in [2.45, 2.75) is 26.4 Å². The number of carbonyl (C=O) groups excluding carboxylic acids is 1. The fourth-order valence-electron chi connectivity index (χ4n) is 1.86. The Bertz CT molecular complexity index is 517. The number of esters is 1. The lowest BCUT2D eigenvalue weighted by atomic mass is 10.2. The van der Waals surface area contributed by atoms with Crippen molar-refractivity contribution in [1.29, 1.82) is 0 Å². The molecule has 0 heterocycles. The fraction of sp³-hybridized carbons (Fsp3) is 0.438. The van der Waals surface area contributed by atoms with Gasteiger partial charge in [-0.25, -0.2) is 0 Å². The smallest absolute Gasteiger partial charge is 0.348 e. The summed E-state index contributed by atoms with van der Waals surface area (Å²) in [6, 6.07) is 9.41. The number of rotatable bonds is 9. The van der Waals surface area contributed by atoms with Gasteiger partial charge in [-0.05, 0) is 26.3 Å². The van der Waals surface area contributed by atoms with Gasteiger partial charge in [0.15, 0.2) is 5.66 Å². The van der Waals surface area contributed by atoms with Gasteiger partial charge in [-0.3, -0.25) is 9.36 Å². The second kappa shape index (κ2) is 9.57. The average molecular weight is 326 g/mol. The molecule has 6 heteroatoms. The Hall–Kier alpha value is -1.42. The molecule has 0 saturated carbocycles. The van der Waals surface area contributed by atoms with E-state index < -0.39 is 19.2 Å². The predicted molar refractivity (Wildman–Crippen MR) is 86.8 cm³/mol. The molecule has 0 radical (unpaired) electrons. The van der Waals surface area contributed by atoms with Gasteiger partial charge >= 0.3 is 13.6 Å². The van der Waals surface area contributed by atoms with Crippen molar-refractivity contribution in [3.63, 3.8) is 0 Å². The first-order valence-corrected chi connectivity index (χ1v) is 8.97. The van der Waals surface area contributed by atoms with E-state index in [1.165, 1.54) is 6.08 Å². The summed E-state index contributed by atoms with van der Waals surface area (Å²) >= 11 is 0. The van der Waals surface area contributed by atoms with Crippen molar-refractivity contribution < 1.29 is 23.1 Å². The zero-order valence-electron chi connectivity index (χ0n) is 13.2. The molecule has 1 rings (SSSR count). The number of hydrogen-bond acceptors (Lipinski definition) is 5. The molecule has 0 aliphatic carbocycles. The minimum atomic E-state index is -3.61. The molecule has 0 bridgehead atoms. The summed E-state index contributed by atoms with van der Waals surface area (Å²) in [7, 11) is -3.61. The molecule has 0 aromatic heterocycles. The van der Waals surface area contributed by atoms with E-state index in [9.17, 15) is 9.36 Å². The predicted octanol–water partition coefficient (Wildman–Crippen LogP) is 3.90. The minimum absolute atomic E-state index is 0.187. The van der Waals surface area contributed by atoms with Crippen molar-refractivity contribution in [1.82, 2.24) is 0 Å². The number of benzene rings is 1. The first-order valence-electron chi connectivity index (χ1n) is 7.36. The molecule has 1 aromatic rings. The van der Waals surface area contributed by atoms with E-state index in [0.29, 0.717) is 0 Å². The van der Waals surface area contributed by atoms with Gasteiger partial charge in [0, 0.05) is 0 Å². The monoisotopic (exact) mass is 326 g/mol. The van der Waals surface area contributed by atoms with Gasteiger partial charge in [-0.1, -0.05) is 42.5 Å². The lowest BCUT2D eigenvalue weighted by Gasteiger charge is -2.22. The fourth-order valence-corrected chi connectivity index (χ4v) is 3.61. The molecule has 1 atom stereocenters. The van der Waals surface area contributed by atoms with E-state index >= 15 is 0 Å². The third kappa shape index (κ3) is 5.41. The molecule has 5 nitrogen and oxygen atoms in total. The van der Waals surface area contributed by atoms with Crippen LogP contribution in [0.4, 0.5) is 0 Å². The Balaban J connectivity index is 3.08. The Morgan fingerprint density at radius 1 is 1.09 bits per heavy atom. The van der Waals surface area contributed by atoms with Gasteiger partial charge in [0.2, 0.25) is 0 Å². The van der Waals surface area contributed by atoms with E-state index in [1.807, 2.05) is 30.3 Å². The molecule has 0 spiro atoms. The number of ether oxygens (including phenoxy) is 1. The molecular formula is C16H23O5P. The van der Waals surface area contributed by atoms with E-state index in [-0.39, 0.29) is 19.8 Å². The van der Waals surface area contributed by atoms with Crippen molar-refractivity contribution in [3.8, 4) is 0 Å². The highest BCUT2D eigenvalue weighted by molar-refractivity contribution is 7.56. The lowest BCUT2D eigenvalue weighted by molar-refractivity contribution is -0.142. The van der Waals surface area contributed by atoms with Gasteiger partial charge < -0.3 is 13.8 Å². The number of hydrogen-bond donors (Lipinski definition) is 0. The van der Waals surface area contributed by atoms with E-state index in [4.69, 9.17) is 13.8 Å². The maximum atomic E-state index is 12.9. The highest BCUT2D eigenvalue weighted by Crippen LogP contribution is 2.54. The summed E-state index contributed by atoms with van der Waals surface area (Å²) in [5.74, 6) is -0.611. The van der Waals surface area contributed by atoms with Gasteiger partial charge in [0.05, 0.1) is 19.8 Å². The van der Waals surface area contributed by atoms with Gasteiger partial charge in [0.1, 0.15) is 0 Å². The third-order valence-electron chi connectivity index (χ3n) is 2.76. The van der Waals surface area contributed by atoms with Crippen LogP contribution >= 0.6 is 7.60 Å². The van der Waals surface area contributed by atoms with Crippen LogP contribution in [0.5, 0.6) is 0 Å². The summed E-state index contributed by atoms with van der Waals surface area (Å²) in [6.07, 6.45) is 3.24. The van der Waals surface area contributed by atoms with Gasteiger partial charge in [-0.15, -0.1) is 0 Å². The highest BCUT2D eigenvalue weighted by Gasteiger charge is 2.40. The van der Waals surface area contributed by atoms with Crippen LogP contribution in [0.25, 0.3) is 6.08 Å². The molecule has 0 aliphatic rings. The molecule has 0 aliphatic heterocycles. The molecule has 1 aromatic carbocycles. The summed E-state index contributed by atoms with van der Waals surface area (Å²) in [5, 5.41) is 0. The van der Waals surface area contributed by atoms with Crippen LogP contribution in [-0.4, -0.2) is 31.4 Å². The Labute approximate surface area is 131 Å². The Morgan fingerprint density at radius 2 is 1.68 bits per heavy atom. The third-order valence-corrected chi connectivity index (χ3v) is 5.06. The van der Waals surface area contributed by atoms with Crippen LogP contribution in [0.1, 0.15) is 26.3 Å². The second-order valence-electron chi connectivity index (χ2n) is 4.34.